The molecule has 2 aliphatic carbocycles. The molecule has 2 fully saturated rings. The maximum absolute atomic E-state index is 13.0. The number of hydrogen-bond acceptors (Lipinski definition) is 8. The van der Waals surface area contributed by atoms with Crippen molar-refractivity contribution in [2.45, 2.75) is 69.9 Å². The fourth-order valence-electron chi connectivity index (χ4n) is 4.39. The summed E-state index contributed by atoms with van der Waals surface area (Å²) in [6.07, 6.45) is 5.80. The van der Waals surface area contributed by atoms with E-state index in [0.717, 1.165) is 38.4 Å². The molecule has 0 saturated heterocycles. The summed E-state index contributed by atoms with van der Waals surface area (Å²) in [6.45, 7) is 0.156. The zero-order chi connectivity index (χ0) is 25.8. The van der Waals surface area contributed by atoms with Gasteiger partial charge in [0.25, 0.3) is 0 Å². The minimum absolute atomic E-state index is 0.143. The van der Waals surface area contributed by atoms with Gasteiger partial charge >= 0.3 is 6.36 Å². The van der Waals surface area contributed by atoms with Gasteiger partial charge in [-0.2, -0.15) is 0 Å². The van der Waals surface area contributed by atoms with E-state index in [1.54, 1.807) is 18.3 Å². The van der Waals surface area contributed by atoms with E-state index in [1.165, 1.54) is 36.1 Å². The lowest BCUT2D eigenvalue weighted by atomic mass is 9.81. The number of ether oxygens (including phenoxy) is 2. The van der Waals surface area contributed by atoms with Gasteiger partial charge in [-0.3, -0.25) is 4.79 Å². The first kappa shape index (κ1) is 25.6. The molecule has 7 nitrogen and oxygen atoms in total. The number of carbonyl (C=O) groups excluding carboxylic acids is 1. The number of benzene rings is 1. The fraction of sp³-hybridized carbons (Fsp3) is 0.462. The second-order valence-electron chi connectivity index (χ2n) is 9.37. The molecule has 0 bridgehead atoms. The molecule has 1 aromatic carbocycles. The molecule has 0 unspecified atom stereocenters. The smallest absolute Gasteiger partial charge is 0.405 e. The Morgan fingerprint density at radius 3 is 2.70 bits per heavy atom. The lowest BCUT2D eigenvalue weighted by molar-refractivity contribution is -0.274. The van der Waals surface area contributed by atoms with Crippen LogP contribution in [0.1, 0.15) is 71.9 Å². The van der Waals surface area contributed by atoms with Crippen LogP contribution in [-0.4, -0.2) is 35.1 Å². The maximum Gasteiger partial charge on any atom is 0.573 e. The first-order valence-corrected chi connectivity index (χ1v) is 13.1. The molecule has 0 N–H and O–H groups in total. The van der Waals surface area contributed by atoms with Crippen LogP contribution in [0.4, 0.5) is 18.3 Å². The number of hydrogen-bond donors (Lipinski definition) is 0. The number of nitrogens with zero attached hydrogens (tertiary/aromatic N) is 3. The average molecular weight is 534 g/mol. The standard InChI is InChI=1S/C26H26F3N3O4S/c27-26(28,29)35-22-7-2-1-6-20(22)23-21(24(36-32-23)17-8-9-17)15-34-18(12-16-4-3-5-16)10-11-30-25-31-13-19(14-33)37-25/h1-2,6-7,11,13-14,16-18H,3-5,8-10,12,15H2/t18-/m1/s1. The first-order chi connectivity index (χ1) is 17.9. The minimum atomic E-state index is -4.83. The predicted octanol–water partition coefficient (Wildman–Crippen LogP) is 7.25. The molecule has 2 saturated carbocycles. The number of rotatable bonds is 12. The summed E-state index contributed by atoms with van der Waals surface area (Å²) in [5.74, 6) is 1.10. The topological polar surface area (TPSA) is 86.8 Å². The fourth-order valence-corrected chi connectivity index (χ4v) is 4.99. The molecule has 1 atom stereocenters. The Morgan fingerprint density at radius 1 is 1.22 bits per heavy atom. The summed E-state index contributed by atoms with van der Waals surface area (Å²) >= 11 is 1.21. The highest BCUT2D eigenvalue weighted by Crippen LogP contribution is 2.46. The van der Waals surface area contributed by atoms with Crippen molar-refractivity contribution in [2.24, 2.45) is 10.9 Å². The third kappa shape index (κ3) is 6.64. The predicted molar refractivity (Wildman–Crippen MR) is 131 cm³/mol. The van der Waals surface area contributed by atoms with Gasteiger partial charge in [-0.15, -0.1) is 13.2 Å². The van der Waals surface area contributed by atoms with Crippen molar-refractivity contribution in [2.75, 3.05) is 0 Å². The Bertz CT molecular complexity index is 1250. The number of alkyl halides is 3. The summed E-state index contributed by atoms with van der Waals surface area (Å²) < 4.78 is 55.3. The second kappa shape index (κ2) is 11.1. The van der Waals surface area contributed by atoms with E-state index in [0.29, 0.717) is 39.4 Å². The van der Waals surface area contributed by atoms with Crippen LogP contribution < -0.4 is 4.74 Å². The number of halogens is 3. The molecule has 11 heteroatoms. The molecule has 2 aliphatic rings. The third-order valence-corrected chi connectivity index (χ3v) is 7.45. The van der Waals surface area contributed by atoms with Crippen molar-refractivity contribution in [3.05, 3.63) is 46.7 Å². The van der Waals surface area contributed by atoms with Crippen LogP contribution in [-0.2, 0) is 11.3 Å². The summed E-state index contributed by atoms with van der Waals surface area (Å²) in [6, 6.07) is 5.93. The average Bonchev–Trinajstić information content (AvgIpc) is 3.43. The Labute approximate surface area is 215 Å². The van der Waals surface area contributed by atoms with Crippen LogP contribution in [0, 0.1) is 5.92 Å². The molecule has 37 heavy (non-hydrogen) atoms. The Balaban J connectivity index is 1.35. The van der Waals surface area contributed by atoms with Gasteiger partial charge in [0.1, 0.15) is 17.2 Å². The molecule has 2 heterocycles. The van der Waals surface area contributed by atoms with Crippen molar-refractivity contribution in [3.8, 4) is 17.0 Å². The number of thiazole rings is 1. The molecule has 0 aliphatic heterocycles. The number of para-hydroxylation sites is 1. The molecule has 3 aromatic rings. The Morgan fingerprint density at radius 2 is 2.03 bits per heavy atom. The molecule has 196 valence electrons. The largest absolute Gasteiger partial charge is 0.573 e. The van der Waals surface area contributed by atoms with Crippen LogP contribution in [0.15, 0.2) is 40.0 Å². The summed E-state index contributed by atoms with van der Waals surface area (Å²) in [4.78, 5) is 19.9. The Hall–Kier alpha value is -3.05. The van der Waals surface area contributed by atoms with E-state index in [4.69, 9.17) is 9.26 Å². The zero-order valence-electron chi connectivity index (χ0n) is 19.9. The van der Waals surface area contributed by atoms with E-state index < -0.39 is 6.36 Å². The highest BCUT2D eigenvalue weighted by atomic mass is 32.1. The molecule has 2 aromatic heterocycles. The molecular weight excluding hydrogens is 507 g/mol. The summed E-state index contributed by atoms with van der Waals surface area (Å²) in [5.41, 5.74) is 1.18. The SMILES string of the molecule is O=Cc1cnc(N=CC[C@H](CC2CCC2)OCc2c(-c3ccccc3OC(F)(F)F)noc2C2CC2)s1. The third-order valence-electron chi connectivity index (χ3n) is 6.62. The Kier molecular flexibility index (Phi) is 7.71. The van der Waals surface area contributed by atoms with Gasteiger partial charge in [0.05, 0.1) is 23.8 Å². The van der Waals surface area contributed by atoms with E-state index in [-0.39, 0.29) is 29.9 Å². The van der Waals surface area contributed by atoms with Gasteiger partial charge < -0.3 is 14.0 Å². The van der Waals surface area contributed by atoms with Gasteiger partial charge in [0.2, 0.25) is 5.13 Å². The summed E-state index contributed by atoms with van der Waals surface area (Å²) in [5, 5.41) is 4.66. The second-order valence-corrected chi connectivity index (χ2v) is 10.4. The van der Waals surface area contributed by atoms with Gasteiger partial charge in [0, 0.05) is 29.7 Å². The van der Waals surface area contributed by atoms with Gasteiger partial charge in [0.15, 0.2) is 6.29 Å². The summed E-state index contributed by atoms with van der Waals surface area (Å²) in [7, 11) is 0. The lowest BCUT2D eigenvalue weighted by Crippen LogP contribution is -2.22. The van der Waals surface area contributed by atoms with Crippen LogP contribution >= 0.6 is 11.3 Å². The van der Waals surface area contributed by atoms with Crippen LogP contribution in [0.3, 0.4) is 0 Å². The van der Waals surface area contributed by atoms with Crippen LogP contribution in [0.25, 0.3) is 11.3 Å². The molecule has 5 rings (SSSR count). The van der Waals surface area contributed by atoms with Gasteiger partial charge in [-0.25, -0.2) is 9.98 Å². The lowest BCUT2D eigenvalue weighted by Gasteiger charge is -2.29. The number of carbonyl (C=O) groups is 1. The number of aliphatic imine (C=N–C) groups is 1. The monoisotopic (exact) mass is 533 g/mol. The van der Waals surface area contributed by atoms with E-state index in [2.05, 4.69) is 19.9 Å². The highest BCUT2D eigenvalue weighted by molar-refractivity contribution is 7.16. The van der Waals surface area contributed by atoms with Crippen molar-refractivity contribution in [3.63, 3.8) is 0 Å². The maximum atomic E-state index is 13.0. The van der Waals surface area contributed by atoms with E-state index >= 15 is 0 Å². The number of aldehydes is 1. The van der Waals surface area contributed by atoms with Crippen LogP contribution in [0.2, 0.25) is 0 Å². The van der Waals surface area contributed by atoms with Crippen molar-refractivity contribution in [1.29, 1.82) is 0 Å². The van der Waals surface area contributed by atoms with E-state index in [1.807, 2.05) is 0 Å². The number of aromatic nitrogens is 2. The normalized spacial score (nSPS) is 17.2. The zero-order valence-corrected chi connectivity index (χ0v) is 20.8. The highest BCUT2D eigenvalue weighted by Gasteiger charge is 2.36. The van der Waals surface area contributed by atoms with Gasteiger partial charge in [-0.05, 0) is 37.3 Å². The van der Waals surface area contributed by atoms with Crippen molar-refractivity contribution in [1.82, 2.24) is 10.1 Å². The quantitative estimate of drug-likeness (QED) is 0.180. The molecule has 0 radical (unpaired) electrons. The molecule has 0 amide bonds. The molecule has 0 spiro atoms. The molecular formula is C26H26F3N3O4S. The minimum Gasteiger partial charge on any atom is -0.405 e. The first-order valence-electron chi connectivity index (χ1n) is 12.3. The van der Waals surface area contributed by atoms with Gasteiger partial charge in [-0.1, -0.05) is 47.9 Å². The van der Waals surface area contributed by atoms with Crippen molar-refractivity contribution < 1.29 is 32.0 Å². The van der Waals surface area contributed by atoms with E-state index in [9.17, 15) is 18.0 Å². The van der Waals surface area contributed by atoms with Crippen molar-refractivity contribution >= 4 is 29.0 Å². The van der Waals surface area contributed by atoms with Crippen LogP contribution in [0.5, 0.6) is 5.75 Å².